The summed E-state index contributed by atoms with van der Waals surface area (Å²) >= 11 is 0. The van der Waals surface area contributed by atoms with Crippen LogP contribution in [0.2, 0.25) is 0 Å². The van der Waals surface area contributed by atoms with Crippen molar-refractivity contribution in [2.45, 2.75) is 19.8 Å². The van der Waals surface area contributed by atoms with Crippen molar-refractivity contribution in [1.29, 1.82) is 5.26 Å². The second kappa shape index (κ2) is 6.20. The van der Waals surface area contributed by atoms with Gasteiger partial charge in [0.25, 0.3) is 0 Å². The van der Waals surface area contributed by atoms with Crippen molar-refractivity contribution >= 4 is 16.6 Å². The van der Waals surface area contributed by atoms with Gasteiger partial charge in [-0.25, -0.2) is 4.39 Å². The zero-order valence-corrected chi connectivity index (χ0v) is 11.5. The van der Waals surface area contributed by atoms with Crippen LogP contribution < -0.4 is 10.1 Å². The summed E-state index contributed by atoms with van der Waals surface area (Å²) in [6.45, 7) is 2.85. The number of nitrogens with one attached hydrogen (secondary N) is 1. The summed E-state index contributed by atoms with van der Waals surface area (Å²) in [4.78, 5) is 4.12. The Kier molecular flexibility index (Phi) is 4.36. The SMILES string of the molecule is CCCCNc1c(C#N)cnc2cc(F)c(OC)cc12. The van der Waals surface area contributed by atoms with Crippen LogP contribution in [0.25, 0.3) is 10.9 Å². The Bertz CT molecular complexity index is 664. The van der Waals surface area contributed by atoms with Gasteiger partial charge in [-0.1, -0.05) is 13.3 Å². The highest BCUT2D eigenvalue weighted by Gasteiger charge is 2.12. The van der Waals surface area contributed by atoms with Crippen molar-refractivity contribution < 1.29 is 9.13 Å². The molecule has 0 saturated carbocycles. The summed E-state index contributed by atoms with van der Waals surface area (Å²) in [5.41, 5.74) is 1.63. The van der Waals surface area contributed by atoms with Crippen LogP contribution in [0.15, 0.2) is 18.3 Å². The molecule has 104 valence electrons. The number of ether oxygens (including phenoxy) is 1. The van der Waals surface area contributed by atoms with E-state index in [-0.39, 0.29) is 5.75 Å². The Labute approximate surface area is 117 Å². The highest BCUT2D eigenvalue weighted by Crippen LogP contribution is 2.30. The summed E-state index contributed by atoms with van der Waals surface area (Å²) in [7, 11) is 1.41. The Morgan fingerprint density at radius 3 is 2.90 bits per heavy atom. The normalized spacial score (nSPS) is 10.3. The topological polar surface area (TPSA) is 57.9 Å². The minimum absolute atomic E-state index is 0.146. The van der Waals surface area contributed by atoms with Gasteiger partial charge >= 0.3 is 0 Å². The molecule has 0 atom stereocenters. The van der Waals surface area contributed by atoms with Gasteiger partial charge in [-0.15, -0.1) is 0 Å². The molecule has 5 heteroatoms. The first kappa shape index (κ1) is 14.1. The first-order chi connectivity index (χ1) is 9.71. The van der Waals surface area contributed by atoms with Gasteiger partial charge in [0.1, 0.15) is 6.07 Å². The first-order valence-electron chi connectivity index (χ1n) is 6.51. The number of nitrogens with zero attached hydrogens (tertiary/aromatic N) is 2. The van der Waals surface area contributed by atoms with E-state index in [0.29, 0.717) is 22.2 Å². The minimum Gasteiger partial charge on any atom is -0.494 e. The third kappa shape index (κ3) is 2.64. The van der Waals surface area contributed by atoms with Crippen molar-refractivity contribution in [3.63, 3.8) is 0 Å². The van der Waals surface area contributed by atoms with Gasteiger partial charge in [0.15, 0.2) is 11.6 Å². The summed E-state index contributed by atoms with van der Waals surface area (Å²) in [6, 6.07) is 5.00. The minimum atomic E-state index is -0.461. The third-order valence-electron chi connectivity index (χ3n) is 3.09. The third-order valence-corrected chi connectivity index (χ3v) is 3.09. The molecule has 0 aliphatic heterocycles. The van der Waals surface area contributed by atoms with E-state index in [1.54, 1.807) is 6.07 Å². The van der Waals surface area contributed by atoms with Crippen LogP contribution in [0.1, 0.15) is 25.3 Å². The number of benzene rings is 1. The summed E-state index contributed by atoms with van der Waals surface area (Å²) in [6.07, 6.45) is 3.51. The van der Waals surface area contributed by atoms with Crippen LogP contribution in [-0.4, -0.2) is 18.6 Å². The number of halogens is 1. The lowest BCUT2D eigenvalue weighted by Crippen LogP contribution is -2.04. The smallest absolute Gasteiger partial charge is 0.167 e. The lowest BCUT2D eigenvalue weighted by molar-refractivity contribution is 0.387. The van der Waals surface area contributed by atoms with Crippen LogP contribution in [0, 0.1) is 17.1 Å². The quantitative estimate of drug-likeness (QED) is 0.847. The highest BCUT2D eigenvalue weighted by atomic mass is 19.1. The average molecular weight is 273 g/mol. The molecule has 4 nitrogen and oxygen atoms in total. The molecular weight excluding hydrogens is 257 g/mol. The number of rotatable bonds is 5. The zero-order chi connectivity index (χ0) is 14.5. The average Bonchev–Trinajstić information content (AvgIpc) is 2.46. The monoisotopic (exact) mass is 273 g/mol. The number of pyridine rings is 1. The molecule has 1 aromatic carbocycles. The molecule has 20 heavy (non-hydrogen) atoms. The van der Waals surface area contributed by atoms with E-state index in [4.69, 9.17) is 4.74 Å². The predicted molar refractivity (Wildman–Crippen MR) is 76.4 cm³/mol. The van der Waals surface area contributed by atoms with E-state index in [1.165, 1.54) is 19.4 Å². The Morgan fingerprint density at radius 1 is 1.45 bits per heavy atom. The predicted octanol–water partition coefficient (Wildman–Crippen LogP) is 3.47. The Hall–Kier alpha value is -2.35. The maximum Gasteiger partial charge on any atom is 0.167 e. The van der Waals surface area contributed by atoms with Crippen LogP contribution in [-0.2, 0) is 0 Å². The number of aromatic nitrogens is 1. The van der Waals surface area contributed by atoms with Gasteiger partial charge in [-0.05, 0) is 12.5 Å². The number of unbranched alkanes of at least 4 members (excludes halogenated alkanes) is 1. The molecule has 1 heterocycles. The second-order valence-corrected chi connectivity index (χ2v) is 4.44. The van der Waals surface area contributed by atoms with Crippen LogP contribution >= 0.6 is 0 Å². The van der Waals surface area contributed by atoms with Crippen molar-refractivity contribution in [1.82, 2.24) is 4.98 Å². The standard InChI is InChI=1S/C15H16FN3O/c1-3-4-5-18-15-10(8-17)9-19-13-7-12(16)14(20-2)6-11(13)15/h6-7,9H,3-5H2,1-2H3,(H,18,19). The van der Waals surface area contributed by atoms with Gasteiger partial charge in [0.05, 0.1) is 23.9 Å². The lowest BCUT2D eigenvalue weighted by Gasteiger charge is -2.12. The molecule has 0 fully saturated rings. The van der Waals surface area contributed by atoms with Gasteiger partial charge in [0.2, 0.25) is 0 Å². The maximum atomic E-state index is 13.7. The molecule has 0 aliphatic rings. The number of methoxy groups -OCH3 is 1. The van der Waals surface area contributed by atoms with Crippen molar-refractivity contribution in [2.24, 2.45) is 0 Å². The number of fused-ring (bicyclic) bond motifs is 1. The van der Waals surface area contributed by atoms with Gasteiger partial charge in [-0.3, -0.25) is 4.98 Å². The first-order valence-corrected chi connectivity index (χ1v) is 6.51. The molecule has 0 unspecified atom stereocenters. The summed E-state index contributed by atoms with van der Waals surface area (Å²) in [5, 5.41) is 13.1. The lowest BCUT2D eigenvalue weighted by atomic mass is 10.1. The Morgan fingerprint density at radius 2 is 2.25 bits per heavy atom. The van der Waals surface area contributed by atoms with E-state index >= 15 is 0 Å². The van der Waals surface area contributed by atoms with Crippen molar-refractivity contribution in [2.75, 3.05) is 19.0 Å². The van der Waals surface area contributed by atoms with E-state index in [0.717, 1.165) is 19.4 Å². The fraction of sp³-hybridized carbons (Fsp3) is 0.333. The fourth-order valence-electron chi connectivity index (χ4n) is 2.02. The summed E-state index contributed by atoms with van der Waals surface area (Å²) in [5.74, 6) is -0.315. The molecule has 0 radical (unpaired) electrons. The highest BCUT2D eigenvalue weighted by molar-refractivity contribution is 5.94. The van der Waals surface area contributed by atoms with Crippen LogP contribution in [0.3, 0.4) is 0 Å². The van der Waals surface area contributed by atoms with Gasteiger partial charge in [0, 0.05) is 24.2 Å². The molecule has 0 spiro atoms. The second-order valence-electron chi connectivity index (χ2n) is 4.44. The molecule has 0 amide bonds. The summed E-state index contributed by atoms with van der Waals surface area (Å²) < 4.78 is 18.7. The molecule has 2 rings (SSSR count). The molecule has 1 N–H and O–H groups in total. The molecule has 0 saturated heterocycles. The fourth-order valence-corrected chi connectivity index (χ4v) is 2.02. The zero-order valence-electron chi connectivity index (χ0n) is 11.5. The molecule has 0 bridgehead atoms. The maximum absolute atomic E-state index is 13.7. The largest absolute Gasteiger partial charge is 0.494 e. The van der Waals surface area contributed by atoms with Crippen molar-refractivity contribution in [3.05, 3.63) is 29.7 Å². The van der Waals surface area contributed by atoms with Gasteiger partial charge < -0.3 is 10.1 Å². The van der Waals surface area contributed by atoms with E-state index < -0.39 is 5.82 Å². The molecular formula is C15H16FN3O. The van der Waals surface area contributed by atoms with Crippen LogP contribution in [0.5, 0.6) is 5.75 Å². The van der Waals surface area contributed by atoms with E-state index in [1.807, 2.05) is 0 Å². The number of anilines is 1. The van der Waals surface area contributed by atoms with E-state index in [9.17, 15) is 9.65 Å². The number of nitriles is 1. The molecule has 2 aromatic rings. The van der Waals surface area contributed by atoms with E-state index in [2.05, 4.69) is 23.3 Å². The molecule has 0 aliphatic carbocycles. The number of hydrogen-bond donors (Lipinski definition) is 1. The van der Waals surface area contributed by atoms with Gasteiger partial charge in [-0.2, -0.15) is 5.26 Å². The van der Waals surface area contributed by atoms with Crippen LogP contribution in [0.4, 0.5) is 10.1 Å². The molecule has 1 aromatic heterocycles. The number of hydrogen-bond acceptors (Lipinski definition) is 4. The van der Waals surface area contributed by atoms with Crippen molar-refractivity contribution in [3.8, 4) is 11.8 Å². The Balaban J connectivity index is 2.57.